The summed E-state index contributed by atoms with van der Waals surface area (Å²) in [6.07, 6.45) is 2.81. The Hall–Kier alpha value is -1.11. The predicted molar refractivity (Wildman–Crippen MR) is 77.2 cm³/mol. The maximum absolute atomic E-state index is 11.7. The van der Waals surface area contributed by atoms with Gasteiger partial charge in [0.1, 0.15) is 11.8 Å². The van der Waals surface area contributed by atoms with Gasteiger partial charge in [-0.1, -0.05) is 40.0 Å². The van der Waals surface area contributed by atoms with Crippen LogP contribution in [0.25, 0.3) is 0 Å². The Morgan fingerprint density at radius 3 is 2.25 bits per heavy atom. The van der Waals surface area contributed by atoms with E-state index in [2.05, 4.69) is 5.32 Å². The average Bonchev–Trinajstić information content (AvgIpc) is 2.34. The summed E-state index contributed by atoms with van der Waals surface area (Å²) < 4.78 is 23.4. The minimum absolute atomic E-state index is 0.0324. The van der Waals surface area contributed by atoms with Crippen molar-refractivity contribution in [1.29, 1.82) is 0 Å². The molecule has 7 heteroatoms. The standard InChI is InChI=1S/C13H25NO5S/c1-4-6-7-8-20(18,19)9-11(15)14-12(13(16)17)10(3)5-2/h10,12H,4-9H2,1-3H3,(H,14,15)(H,16,17). The highest BCUT2D eigenvalue weighted by atomic mass is 32.2. The highest BCUT2D eigenvalue weighted by Crippen LogP contribution is 2.08. The average molecular weight is 307 g/mol. The van der Waals surface area contributed by atoms with Crippen molar-refractivity contribution in [1.82, 2.24) is 5.32 Å². The monoisotopic (exact) mass is 307 g/mol. The van der Waals surface area contributed by atoms with Crippen molar-refractivity contribution < 1.29 is 23.1 Å². The molecule has 0 heterocycles. The summed E-state index contributed by atoms with van der Waals surface area (Å²) in [6.45, 7) is 5.48. The number of hydrogen-bond donors (Lipinski definition) is 2. The van der Waals surface area contributed by atoms with Crippen molar-refractivity contribution in [3.8, 4) is 0 Å². The lowest BCUT2D eigenvalue weighted by Gasteiger charge is -2.20. The molecule has 0 aromatic carbocycles. The number of sulfone groups is 1. The highest BCUT2D eigenvalue weighted by molar-refractivity contribution is 7.92. The molecule has 0 bridgehead atoms. The first-order valence-corrected chi connectivity index (χ1v) is 8.78. The van der Waals surface area contributed by atoms with Crippen molar-refractivity contribution in [3.63, 3.8) is 0 Å². The molecule has 2 atom stereocenters. The summed E-state index contributed by atoms with van der Waals surface area (Å²) in [7, 11) is -3.46. The fourth-order valence-electron chi connectivity index (χ4n) is 1.74. The van der Waals surface area contributed by atoms with Crippen molar-refractivity contribution in [2.24, 2.45) is 5.92 Å². The SMILES string of the molecule is CCCCCS(=O)(=O)CC(=O)NC(C(=O)O)C(C)CC. The molecule has 0 saturated carbocycles. The van der Waals surface area contributed by atoms with Gasteiger partial charge in [-0.3, -0.25) is 4.79 Å². The van der Waals surface area contributed by atoms with E-state index in [4.69, 9.17) is 5.11 Å². The van der Waals surface area contributed by atoms with Gasteiger partial charge in [-0.25, -0.2) is 13.2 Å². The normalized spacial score (nSPS) is 14.6. The lowest BCUT2D eigenvalue weighted by molar-refractivity contribution is -0.143. The van der Waals surface area contributed by atoms with E-state index in [0.29, 0.717) is 12.8 Å². The Morgan fingerprint density at radius 1 is 1.20 bits per heavy atom. The number of carboxylic acid groups (broad SMARTS) is 1. The zero-order chi connectivity index (χ0) is 15.8. The Balaban J connectivity index is 4.49. The number of carbonyl (C=O) groups excluding carboxylic acids is 1. The molecule has 6 nitrogen and oxygen atoms in total. The minimum Gasteiger partial charge on any atom is -0.480 e. The third kappa shape index (κ3) is 7.47. The number of aliphatic carboxylic acids is 1. The van der Waals surface area contributed by atoms with Crippen LogP contribution < -0.4 is 5.32 Å². The molecule has 2 unspecified atom stereocenters. The number of nitrogens with one attached hydrogen (secondary N) is 1. The van der Waals surface area contributed by atoms with Gasteiger partial charge in [0.25, 0.3) is 0 Å². The molecule has 118 valence electrons. The van der Waals surface area contributed by atoms with Crippen LogP contribution in [-0.4, -0.2) is 42.9 Å². The molecular weight excluding hydrogens is 282 g/mol. The van der Waals surface area contributed by atoms with E-state index in [0.717, 1.165) is 12.8 Å². The van der Waals surface area contributed by atoms with Crippen LogP contribution in [0, 0.1) is 5.92 Å². The van der Waals surface area contributed by atoms with Gasteiger partial charge in [0.15, 0.2) is 9.84 Å². The lowest BCUT2D eigenvalue weighted by Crippen LogP contribution is -2.47. The second kappa shape index (κ2) is 8.94. The first-order valence-electron chi connectivity index (χ1n) is 6.96. The molecule has 0 aliphatic heterocycles. The molecule has 0 spiro atoms. The van der Waals surface area contributed by atoms with Gasteiger partial charge < -0.3 is 10.4 Å². The quantitative estimate of drug-likeness (QED) is 0.591. The fourth-order valence-corrected chi connectivity index (χ4v) is 3.01. The van der Waals surface area contributed by atoms with Gasteiger partial charge in [-0.05, 0) is 12.3 Å². The largest absolute Gasteiger partial charge is 0.480 e. The molecule has 1 amide bonds. The van der Waals surface area contributed by atoms with Gasteiger partial charge in [-0.15, -0.1) is 0 Å². The van der Waals surface area contributed by atoms with Crippen LogP contribution in [0.5, 0.6) is 0 Å². The molecule has 0 aromatic heterocycles. The molecule has 0 saturated heterocycles. The lowest BCUT2D eigenvalue weighted by atomic mass is 9.99. The molecule has 0 aliphatic carbocycles. The minimum atomic E-state index is -3.46. The molecule has 0 aliphatic rings. The van der Waals surface area contributed by atoms with Gasteiger partial charge in [0, 0.05) is 0 Å². The topological polar surface area (TPSA) is 101 Å². The summed E-state index contributed by atoms with van der Waals surface area (Å²) in [6, 6.07) is -1.04. The van der Waals surface area contributed by atoms with Crippen LogP contribution in [0.1, 0.15) is 46.5 Å². The Kier molecular flexibility index (Phi) is 8.45. The summed E-state index contributed by atoms with van der Waals surface area (Å²) in [4.78, 5) is 22.7. The van der Waals surface area contributed by atoms with Crippen molar-refractivity contribution in [3.05, 3.63) is 0 Å². The van der Waals surface area contributed by atoms with E-state index in [1.54, 1.807) is 6.92 Å². The van der Waals surface area contributed by atoms with E-state index in [1.165, 1.54) is 0 Å². The molecule has 20 heavy (non-hydrogen) atoms. The number of carbonyl (C=O) groups is 2. The molecule has 2 N–H and O–H groups in total. The second-order valence-electron chi connectivity index (χ2n) is 5.07. The van der Waals surface area contributed by atoms with Gasteiger partial charge >= 0.3 is 5.97 Å². The molecule has 0 aromatic rings. The van der Waals surface area contributed by atoms with Crippen LogP contribution in [0.4, 0.5) is 0 Å². The van der Waals surface area contributed by atoms with E-state index in [-0.39, 0.29) is 11.7 Å². The van der Waals surface area contributed by atoms with Gasteiger partial charge in [0.2, 0.25) is 5.91 Å². The van der Waals surface area contributed by atoms with Crippen LogP contribution in [0.15, 0.2) is 0 Å². The van der Waals surface area contributed by atoms with Crippen molar-refractivity contribution in [2.75, 3.05) is 11.5 Å². The highest BCUT2D eigenvalue weighted by Gasteiger charge is 2.27. The van der Waals surface area contributed by atoms with E-state index in [9.17, 15) is 18.0 Å². The Bertz CT molecular complexity index is 418. The van der Waals surface area contributed by atoms with Crippen molar-refractivity contribution >= 4 is 21.7 Å². The summed E-state index contributed by atoms with van der Waals surface area (Å²) in [5, 5.41) is 11.3. The first-order chi connectivity index (χ1) is 9.23. The third-order valence-electron chi connectivity index (χ3n) is 3.21. The van der Waals surface area contributed by atoms with E-state index < -0.39 is 33.5 Å². The number of rotatable bonds is 10. The van der Waals surface area contributed by atoms with Crippen molar-refractivity contribution in [2.45, 2.75) is 52.5 Å². The van der Waals surface area contributed by atoms with Crippen LogP contribution in [0.2, 0.25) is 0 Å². The molecule has 0 radical (unpaired) electrons. The smallest absolute Gasteiger partial charge is 0.326 e. The molecule has 0 fully saturated rings. The molecular formula is C13H25NO5S. The number of hydrogen-bond acceptors (Lipinski definition) is 4. The number of amides is 1. The number of carboxylic acids is 1. The van der Waals surface area contributed by atoms with Crippen LogP contribution >= 0.6 is 0 Å². The zero-order valence-corrected chi connectivity index (χ0v) is 13.2. The Morgan fingerprint density at radius 2 is 1.80 bits per heavy atom. The van der Waals surface area contributed by atoms with Gasteiger partial charge in [0.05, 0.1) is 5.75 Å². The maximum atomic E-state index is 11.7. The maximum Gasteiger partial charge on any atom is 0.326 e. The summed E-state index contributed by atoms with van der Waals surface area (Å²) in [5.74, 6) is -2.81. The van der Waals surface area contributed by atoms with E-state index >= 15 is 0 Å². The van der Waals surface area contributed by atoms with E-state index in [1.807, 2.05) is 13.8 Å². The molecule has 0 rings (SSSR count). The van der Waals surface area contributed by atoms with Crippen LogP contribution in [-0.2, 0) is 19.4 Å². The van der Waals surface area contributed by atoms with Gasteiger partial charge in [-0.2, -0.15) is 0 Å². The summed E-state index contributed by atoms with van der Waals surface area (Å²) in [5.41, 5.74) is 0. The third-order valence-corrected chi connectivity index (χ3v) is 4.82. The Labute approximate surface area is 120 Å². The second-order valence-corrected chi connectivity index (χ2v) is 7.25. The zero-order valence-electron chi connectivity index (χ0n) is 12.4. The van der Waals surface area contributed by atoms with Crippen LogP contribution in [0.3, 0.4) is 0 Å². The predicted octanol–water partition coefficient (Wildman–Crippen LogP) is 1.21. The first kappa shape index (κ1) is 18.9. The fraction of sp³-hybridized carbons (Fsp3) is 0.846. The number of unbranched alkanes of at least 4 members (excludes halogenated alkanes) is 2. The summed E-state index contributed by atoms with van der Waals surface area (Å²) >= 11 is 0.